The van der Waals surface area contributed by atoms with Gasteiger partial charge in [-0.1, -0.05) is 12.6 Å². The van der Waals surface area contributed by atoms with Gasteiger partial charge in [0.25, 0.3) is 0 Å². The number of benzene rings is 1. The maximum absolute atomic E-state index is 12.3. The molecule has 0 saturated heterocycles. The molecule has 1 heterocycles. The van der Waals surface area contributed by atoms with E-state index in [4.69, 9.17) is 18.9 Å². The third-order valence-electron chi connectivity index (χ3n) is 3.69. The molecule has 1 aromatic rings. The van der Waals surface area contributed by atoms with Gasteiger partial charge in [-0.25, -0.2) is 0 Å². The lowest BCUT2D eigenvalue weighted by Crippen LogP contribution is -2.42. The molecule has 0 fully saturated rings. The van der Waals surface area contributed by atoms with Crippen molar-refractivity contribution in [3.05, 3.63) is 42.1 Å². The zero-order chi connectivity index (χ0) is 16.9. The average molecular weight is 318 g/mol. The van der Waals surface area contributed by atoms with Gasteiger partial charge in [0.15, 0.2) is 16.9 Å². The number of esters is 2. The Balaban J connectivity index is 2.41. The molecule has 0 saturated carbocycles. The number of hydrogen-bond donors (Lipinski definition) is 0. The fourth-order valence-electron chi connectivity index (χ4n) is 2.50. The molecule has 0 atom stereocenters. The van der Waals surface area contributed by atoms with Crippen molar-refractivity contribution < 1.29 is 28.5 Å². The van der Waals surface area contributed by atoms with E-state index in [1.54, 1.807) is 18.2 Å². The molecule has 1 aromatic carbocycles. The van der Waals surface area contributed by atoms with Crippen molar-refractivity contribution in [1.29, 1.82) is 0 Å². The van der Waals surface area contributed by atoms with Gasteiger partial charge < -0.3 is 18.9 Å². The van der Waals surface area contributed by atoms with Crippen LogP contribution in [0, 0.1) is 5.41 Å². The van der Waals surface area contributed by atoms with Crippen LogP contribution in [0.15, 0.2) is 36.6 Å². The van der Waals surface area contributed by atoms with E-state index >= 15 is 0 Å². The SMILES string of the molecule is C=C=CCC(Cc1ccc2c(c1)OCO2)(C(=O)OC)C(=O)OC. The standard InChI is InChI=1S/C17H18O6/c1-4-5-8-17(15(18)20-2,16(19)21-3)10-12-6-7-13-14(9-12)23-11-22-13/h5-7,9H,1,8,10-11H2,2-3H3. The summed E-state index contributed by atoms with van der Waals surface area (Å²) in [6.45, 7) is 3.62. The number of hydrogen-bond acceptors (Lipinski definition) is 6. The molecule has 0 unspecified atom stereocenters. The molecule has 23 heavy (non-hydrogen) atoms. The van der Waals surface area contributed by atoms with E-state index in [0.717, 1.165) is 5.56 Å². The minimum atomic E-state index is -1.50. The second-order valence-corrected chi connectivity index (χ2v) is 5.04. The van der Waals surface area contributed by atoms with Gasteiger partial charge in [0, 0.05) is 0 Å². The number of allylic oxidation sites excluding steroid dienone is 1. The number of ether oxygens (including phenoxy) is 4. The molecule has 0 aromatic heterocycles. The van der Waals surface area contributed by atoms with Crippen LogP contribution in [-0.4, -0.2) is 33.0 Å². The van der Waals surface area contributed by atoms with Gasteiger partial charge in [0.1, 0.15) is 0 Å². The molecule has 0 N–H and O–H groups in total. The quantitative estimate of drug-likeness (QED) is 0.454. The summed E-state index contributed by atoms with van der Waals surface area (Å²) < 4.78 is 20.3. The first-order chi connectivity index (χ1) is 11.1. The molecule has 2 rings (SSSR count). The number of methoxy groups -OCH3 is 2. The van der Waals surface area contributed by atoms with Crippen molar-refractivity contribution in [3.8, 4) is 11.5 Å². The second-order valence-electron chi connectivity index (χ2n) is 5.04. The Bertz CT molecular complexity index is 641. The van der Waals surface area contributed by atoms with Gasteiger partial charge >= 0.3 is 11.9 Å². The molecular formula is C17H18O6. The van der Waals surface area contributed by atoms with E-state index in [1.807, 2.05) is 0 Å². The van der Waals surface area contributed by atoms with Crippen molar-refractivity contribution >= 4 is 11.9 Å². The molecular weight excluding hydrogens is 300 g/mol. The van der Waals surface area contributed by atoms with E-state index in [0.29, 0.717) is 11.5 Å². The molecule has 0 radical (unpaired) electrons. The van der Waals surface area contributed by atoms with E-state index < -0.39 is 17.4 Å². The highest BCUT2D eigenvalue weighted by Crippen LogP contribution is 2.37. The zero-order valence-electron chi connectivity index (χ0n) is 13.1. The summed E-state index contributed by atoms with van der Waals surface area (Å²) in [6.07, 6.45) is 1.69. The number of carbonyl (C=O) groups excluding carboxylic acids is 2. The molecule has 0 bridgehead atoms. The van der Waals surface area contributed by atoms with Gasteiger partial charge in [0.2, 0.25) is 6.79 Å². The molecule has 0 amide bonds. The summed E-state index contributed by atoms with van der Waals surface area (Å²) in [5, 5.41) is 0. The lowest BCUT2D eigenvalue weighted by molar-refractivity contribution is -0.168. The first-order valence-corrected chi connectivity index (χ1v) is 6.97. The largest absolute Gasteiger partial charge is 0.468 e. The monoisotopic (exact) mass is 318 g/mol. The van der Waals surface area contributed by atoms with Gasteiger partial charge in [-0.05, 0) is 36.6 Å². The molecule has 6 heteroatoms. The summed E-state index contributed by atoms with van der Waals surface area (Å²) in [4.78, 5) is 24.7. The highest BCUT2D eigenvalue weighted by atomic mass is 16.7. The normalized spacial score (nSPS) is 12.3. The maximum Gasteiger partial charge on any atom is 0.323 e. The smallest absolute Gasteiger partial charge is 0.323 e. The zero-order valence-corrected chi connectivity index (χ0v) is 13.1. The van der Waals surface area contributed by atoms with Crippen molar-refractivity contribution in [2.75, 3.05) is 21.0 Å². The van der Waals surface area contributed by atoms with Gasteiger partial charge in [-0.3, -0.25) is 9.59 Å². The lowest BCUT2D eigenvalue weighted by atomic mass is 9.78. The molecule has 1 aliphatic rings. The summed E-state index contributed by atoms with van der Waals surface area (Å²) in [5.74, 6) is -0.145. The predicted octanol–water partition coefficient (Wildman–Crippen LogP) is 2.02. The average Bonchev–Trinajstić information content (AvgIpc) is 3.04. The Kier molecular flexibility index (Phi) is 5.09. The summed E-state index contributed by atoms with van der Waals surface area (Å²) in [6, 6.07) is 5.24. The first kappa shape index (κ1) is 16.6. The minimum Gasteiger partial charge on any atom is -0.468 e. The van der Waals surface area contributed by atoms with E-state index in [1.165, 1.54) is 20.3 Å². The van der Waals surface area contributed by atoms with Crippen LogP contribution in [-0.2, 0) is 25.5 Å². The Hall–Kier alpha value is -2.72. The van der Waals surface area contributed by atoms with E-state index in [9.17, 15) is 9.59 Å². The number of carbonyl (C=O) groups is 2. The van der Waals surface area contributed by atoms with Crippen molar-refractivity contribution in [3.63, 3.8) is 0 Å². The molecule has 0 spiro atoms. The van der Waals surface area contributed by atoms with Crippen molar-refractivity contribution in [1.82, 2.24) is 0 Å². The third kappa shape index (κ3) is 3.22. The molecule has 1 aliphatic heterocycles. The highest BCUT2D eigenvalue weighted by Gasteiger charge is 2.47. The van der Waals surface area contributed by atoms with Gasteiger partial charge in [0.05, 0.1) is 14.2 Å². The summed E-state index contributed by atoms with van der Waals surface area (Å²) in [5.41, 5.74) is 1.80. The predicted molar refractivity (Wildman–Crippen MR) is 81.1 cm³/mol. The topological polar surface area (TPSA) is 71.1 Å². The Labute approximate surface area is 134 Å². The van der Waals surface area contributed by atoms with E-state index in [2.05, 4.69) is 12.3 Å². The number of rotatable bonds is 6. The Morgan fingerprint density at radius 1 is 1.26 bits per heavy atom. The van der Waals surface area contributed by atoms with Crippen LogP contribution >= 0.6 is 0 Å². The van der Waals surface area contributed by atoms with Crippen LogP contribution in [0.3, 0.4) is 0 Å². The van der Waals surface area contributed by atoms with Crippen LogP contribution in [0.4, 0.5) is 0 Å². The summed E-state index contributed by atoms with van der Waals surface area (Å²) >= 11 is 0. The van der Waals surface area contributed by atoms with Crippen molar-refractivity contribution in [2.24, 2.45) is 5.41 Å². The lowest BCUT2D eigenvalue weighted by Gasteiger charge is -2.27. The van der Waals surface area contributed by atoms with Crippen LogP contribution in [0.25, 0.3) is 0 Å². The minimum absolute atomic E-state index is 0.0737. The molecule has 0 aliphatic carbocycles. The van der Waals surface area contributed by atoms with Crippen LogP contribution in [0.5, 0.6) is 11.5 Å². The molecule has 122 valence electrons. The Morgan fingerprint density at radius 3 is 2.52 bits per heavy atom. The summed E-state index contributed by atoms with van der Waals surface area (Å²) in [7, 11) is 2.47. The molecule has 6 nitrogen and oxygen atoms in total. The highest BCUT2D eigenvalue weighted by molar-refractivity contribution is 6.00. The third-order valence-corrected chi connectivity index (χ3v) is 3.69. The van der Waals surface area contributed by atoms with Crippen LogP contribution in [0.1, 0.15) is 12.0 Å². The van der Waals surface area contributed by atoms with Crippen molar-refractivity contribution in [2.45, 2.75) is 12.8 Å². The van der Waals surface area contributed by atoms with E-state index in [-0.39, 0.29) is 19.6 Å². The van der Waals surface area contributed by atoms with Gasteiger partial charge in [-0.15, -0.1) is 5.73 Å². The number of fused-ring (bicyclic) bond motifs is 1. The Morgan fingerprint density at radius 2 is 1.91 bits per heavy atom. The van der Waals surface area contributed by atoms with Gasteiger partial charge in [-0.2, -0.15) is 0 Å². The fraction of sp³-hybridized carbons (Fsp3) is 0.353. The van der Waals surface area contributed by atoms with Crippen LogP contribution < -0.4 is 9.47 Å². The maximum atomic E-state index is 12.3. The first-order valence-electron chi connectivity index (χ1n) is 6.97. The fourth-order valence-corrected chi connectivity index (χ4v) is 2.50. The van der Waals surface area contributed by atoms with Crippen LogP contribution in [0.2, 0.25) is 0 Å². The second kappa shape index (κ2) is 7.03.